The lowest BCUT2D eigenvalue weighted by atomic mass is 10.0. The summed E-state index contributed by atoms with van der Waals surface area (Å²) in [5.41, 5.74) is 5.23. The maximum absolute atomic E-state index is 12.1. The zero-order valence-electron chi connectivity index (χ0n) is 13.3. The Labute approximate surface area is 148 Å². The van der Waals surface area contributed by atoms with Crippen LogP contribution in [-0.4, -0.2) is 22.2 Å². The molecule has 0 aliphatic carbocycles. The quantitative estimate of drug-likeness (QED) is 0.886. The molecule has 0 atom stereocenters. The van der Waals surface area contributed by atoms with Crippen molar-refractivity contribution < 1.29 is 4.79 Å². The summed E-state index contributed by atoms with van der Waals surface area (Å²) in [6, 6.07) is 8.00. The molecule has 1 aliphatic rings. The highest BCUT2D eigenvalue weighted by Gasteiger charge is 2.11. The molecule has 0 spiro atoms. The van der Waals surface area contributed by atoms with Crippen LogP contribution in [0.4, 0.5) is 11.4 Å². The van der Waals surface area contributed by atoms with Crippen molar-refractivity contribution in [2.24, 2.45) is 0 Å². The van der Waals surface area contributed by atoms with E-state index in [1.54, 1.807) is 4.68 Å². The van der Waals surface area contributed by atoms with E-state index < -0.39 is 0 Å². The lowest BCUT2D eigenvalue weighted by molar-refractivity contribution is -0.116. The zero-order chi connectivity index (χ0) is 14.8. The number of benzene rings is 1. The third-order valence-electron chi connectivity index (χ3n) is 3.72. The Morgan fingerprint density at radius 3 is 2.78 bits per heavy atom. The van der Waals surface area contributed by atoms with Gasteiger partial charge in [-0.3, -0.25) is 9.48 Å². The van der Waals surface area contributed by atoms with Gasteiger partial charge >= 0.3 is 0 Å². The maximum atomic E-state index is 12.1. The van der Waals surface area contributed by atoms with E-state index >= 15 is 0 Å². The summed E-state index contributed by atoms with van der Waals surface area (Å²) in [5.74, 6) is -0.0510. The number of nitrogens with one attached hydrogen (secondary N) is 2. The van der Waals surface area contributed by atoms with E-state index in [4.69, 9.17) is 0 Å². The van der Waals surface area contributed by atoms with Crippen LogP contribution in [0.1, 0.15) is 23.4 Å². The second-order valence-corrected chi connectivity index (χ2v) is 5.54. The van der Waals surface area contributed by atoms with Crippen molar-refractivity contribution in [3.05, 3.63) is 41.2 Å². The van der Waals surface area contributed by atoms with Gasteiger partial charge in [-0.1, -0.05) is 0 Å². The number of carbonyl (C=O) groups excluding carboxylic acids is 1. The average molecular weight is 357 g/mol. The van der Waals surface area contributed by atoms with Gasteiger partial charge in [0.15, 0.2) is 0 Å². The summed E-state index contributed by atoms with van der Waals surface area (Å²) < 4.78 is 1.73. The van der Waals surface area contributed by atoms with Crippen molar-refractivity contribution in [3.8, 4) is 0 Å². The molecule has 0 radical (unpaired) electrons. The molecule has 0 bridgehead atoms. The molecule has 2 aromatic rings. The van der Waals surface area contributed by atoms with Crippen LogP contribution in [0.3, 0.4) is 0 Å². The first-order valence-corrected chi connectivity index (χ1v) is 7.29. The molecule has 1 amide bonds. The molecule has 0 unspecified atom stereocenters. The summed E-state index contributed by atoms with van der Waals surface area (Å²) in [5, 5.41) is 10.6. The van der Waals surface area contributed by atoms with Crippen LogP contribution in [0.15, 0.2) is 24.3 Å². The number of nitrogens with zero attached hydrogens (tertiary/aromatic N) is 2. The average Bonchev–Trinajstić information content (AvgIpc) is 2.76. The lowest BCUT2D eigenvalue weighted by Gasteiger charge is -2.18. The number of anilines is 2. The standard InChI is InChI=1S/C16H20N4O.2ClH/c1-11-8-12(2)20(19-11)10-16(21)18-14-5-6-15-13(9-14)4-3-7-17-15;;/h5-6,8-9,17H,3-4,7,10H2,1-2H3,(H,18,21);2*1H. The van der Waals surface area contributed by atoms with E-state index in [1.807, 2.05) is 32.0 Å². The van der Waals surface area contributed by atoms with Crippen LogP contribution in [0.2, 0.25) is 0 Å². The van der Waals surface area contributed by atoms with E-state index in [9.17, 15) is 4.79 Å². The van der Waals surface area contributed by atoms with Gasteiger partial charge in [0.05, 0.1) is 5.69 Å². The van der Waals surface area contributed by atoms with Crippen LogP contribution < -0.4 is 10.6 Å². The van der Waals surface area contributed by atoms with Gasteiger partial charge in [0.2, 0.25) is 5.91 Å². The minimum Gasteiger partial charge on any atom is -0.385 e. The number of aryl methyl sites for hydroxylation is 3. The third kappa shape index (κ3) is 4.62. The van der Waals surface area contributed by atoms with E-state index in [0.29, 0.717) is 0 Å². The van der Waals surface area contributed by atoms with Crippen molar-refractivity contribution in [2.45, 2.75) is 33.2 Å². The van der Waals surface area contributed by atoms with Crippen LogP contribution in [0.5, 0.6) is 0 Å². The number of hydrogen-bond donors (Lipinski definition) is 2. The number of fused-ring (bicyclic) bond motifs is 1. The Kier molecular flexibility index (Phi) is 6.91. The van der Waals surface area contributed by atoms with Crippen molar-refractivity contribution in [2.75, 3.05) is 17.2 Å². The third-order valence-corrected chi connectivity index (χ3v) is 3.72. The summed E-state index contributed by atoms with van der Waals surface area (Å²) in [6.07, 6.45) is 2.19. The van der Waals surface area contributed by atoms with E-state index in [0.717, 1.165) is 36.5 Å². The molecule has 3 rings (SSSR count). The smallest absolute Gasteiger partial charge is 0.246 e. The fourth-order valence-corrected chi connectivity index (χ4v) is 2.72. The molecule has 0 saturated carbocycles. The van der Waals surface area contributed by atoms with E-state index in [-0.39, 0.29) is 37.3 Å². The van der Waals surface area contributed by atoms with Gasteiger partial charge in [-0.05, 0) is 56.5 Å². The predicted molar refractivity (Wildman–Crippen MR) is 98.1 cm³/mol. The second kappa shape index (κ2) is 8.22. The number of halogens is 2. The topological polar surface area (TPSA) is 59.0 Å². The number of amides is 1. The van der Waals surface area contributed by atoms with Crippen LogP contribution in [-0.2, 0) is 17.8 Å². The van der Waals surface area contributed by atoms with Gasteiger partial charge in [-0.2, -0.15) is 5.10 Å². The molecular formula is C16H22Cl2N4O. The normalized spacial score (nSPS) is 12.3. The number of hydrogen-bond acceptors (Lipinski definition) is 3. The first-order valence-electron chi connectivity index (χ1n) is 7.29. The van der Waals surface area contributed by atoms with Gasteiger partial charge in [0, 0.05) is 23.6 Å². The molecule has 1 aromatic carbocycles. The molecule has 2 heterocycles. The van der Waals surface area contributed by atoms with Crippen molar-refractivity contribution in [1.29, 1.82) is 0 Å². The Balaban J connectivity index is 0.00000132. The highest BCUT2D eigenvalue weighted by atomic mass is 35.5. The minimum absolute atomic E-state index is 0. The summed E-state index contributed by atoms with van der Waals surface area (Å²) >= 11 is 0. The molecule has 2 N–H and O–H groups in total. The zero-order valence-corrected chi connectivity index (χ0v) is 14.9. The molecule has 23 heavy (non-hydrogen) atoms. The molecule has 1 aromatic heterocycles. The first kappa shape index (κ1) is 19.3. The molecule has 126 valence electrons. The maximum Gasteiger partial charge on any atom is 0.246 e. The number of rotatable bonds is 3. The largest absolute Gasteiger partial charge is 0.385 e. The Hall–Kier alpha value is -1.72. The predicted octanol–water partition coefficient (Wildman–Crippen LogP) is 3.34. The summed E-state index contributed by atoms with van der Waals surface area (Å²) in [6.45, 7) is 5.15. The monoisotopic (exact) mass is 356 g/mol. The van der Waals surface area contributed by atoms with Gasteiger partial charge in [-0.15, -0.1) is 24.8 Å². The van der Waals surface area contributed by atoms with Crippen LogP contribution in [0, 0.1) is 13.8 Å². The highest BCUT2D eigenvalue weighted by Crippen LogP contribution is 2.25. The summed E-state index contributed by atoms with van der Waals surface area (Å²) in [4.78, 5) is 12.1. The molecule has 7 heteroatoms. The summed E-state index contributed by atoms with van der Waals surface area (Å²) in [7, 11) is 0. The van der Waals surface area contributed by atoms with Gasteiger partial charge in [0.1, 0.15) is 6.54 Å². The SMILES string of the molecule is Cc1cc(C)n(CC(=O)Nc2ccc3c(c2)CCCN3)n1.Cl.Cl. The molecule has 1 aliphatic heterocycles. The van der Waals surface area contributed by atoms with E-state index in [1.165, 1.54) is 11.3 Å². The van der Waals surface area contributed by atoms with Crippen LogP contribution in [0.25, 0.3) is 0 Å². The Bertz CT molecular complexity index is 685. The minimum atomic E-state index is -0.0510. The van der Waals surface area contributed by atoms with Gasteiger partial charge in [0.25, 0.3) is 0 Å². The van der Waals surface area contributed by atoms with E-state index in [2.05, 4.69) is 21.8 Å². The number of carbonyl (C=O) groups is 1. The van der Waals surface area contributed by atoms with Gasteiger partial charge < -0.3 is 10.6 Å². The van der Waals surface area contributed by atoms with Crippen molar-refractivity contribution in [1.82, 2.24) is 9.78 Å². The highest BCUT2D eigenvalue weighted by molar-refractivity contribution is 5.91. The Morgan fingerprint density at radius 1 is 1.30 bits per heavy atom. The molecular weight excluding hydrogens is 335 g/mol. The molecule has 0 saturated heterocycles. The molecule has 0 fully saturated rings. The van der Waals surface area contributed by atoms with Gasteiger partial charge in [-0.25, -0.2) is 0 Å². The second-order valence-electron chi connectivity index (χ2n) is 5.54. The lowest BCUT2D eigenvalue weighted by Crippen LogP contribution is -2.20. The fourth-order valence-electron chi connectivity index (χ4n) is 2.72. The molecule has 5 nitrogen and oxygen atoms in total. The Morgan fingerprint density at radius 2 is 2.09 bits per heavy atom. The first-order chi connectivity index (χ1) is 10.1. The number of aromatic nitrogens is 2. The van der Waals surface area contributed by atoms with Crippen molar-refractivity contribution in [3.63, 3.8) is 0 Å². The van der Waals surface area contributed by atoms with Crippen LogP contribution >= 0.6 is 24.8 Å². The van der Waals surface area contributed by atoms with Crippen molar-refractivity contribution >= 4 is 42.1 Å². The fraction of sp³-hybridized carbons (Fsp3) is 0.375.